The maximum absolute atomic E-state index is 5.66. The monoisotopic (exact) mass is 347 g/mol. The van der Waals surface area contributed by atoms with E-state index in [1.54, 1.807) is 0 Å². The van der Waals surface area contributed by atoms with Crippen LogP contribution < -0.4 is 10.1 Å². The van der Waals surface area contributed by atoms with Crippen LogP contribution in [0.3, 0.4) is 0 Å². The van der Waals surface area contributed by atoms with E-state index in [9.17, 15) is 0 Å². The highest BCUT2D eigenvalue weighted by atomic mass is 35.5. The second-order valence-corrected chi connectivity index (χ2v) is 7.36. The minimum atomic E-state index is 0. The van der Waals surface area contributed by atoms with Gasteiger partial charge in [-0.05, 0) is 48.1 Å². The van der Waals surface area contributed by atoms with Crippen LogP contribution >= 0.6 is 12.4 Å². The molecule has 3 heteroatoms. The lowest BCUT2D eigenvalue weighted by molar-refractivity contribution is 0.242. The van der Waals surface area contributed by atoms with Crippen molar-refractivity contribution in [3.63, 3.8) is 0 Å². The summed E-state index contributed by atoms with van der Waals surface area (Å²) >= 11 is 0. The third-order valence-corrected chi connectivity index (χ3v) is 3.77. The van der Waals surface area contributed by atoms with Crippen molar-refractivity contribution in [2.24, 2.45) is 0 Å². The maximum Gasteiger partial charge on any atom is 0.119 e. The average Bonchev–Trinajstić information content (AvgIpc) is 2.48. The van der Waals surface area contributed by atoms with Crippen LogP contribution in [0.5, 0.6) is 5.75 Å². The summed E-state index contributed by atoms with van der Waals surface area (Å²) in [6, 6.07) is 17.2. The molecule has 0 bridgehead atoms. The van der Waals surface area contributed by atoms with Gasteiger partial charge < -0.3 is 10.1 Å². The number of ether oxygens (including phenoxy) is 1. The Morgan fingerprint density at radius 2 is 1.29 bits per heavy atom. The first kappa shape index (κ1) is 20.5. The summed E-state index contributed by atoms with van der Waals surface area (Å²) in [5, 5.41) is 3.50. The van der Waals surface area contributed by atoms with Crippen molar-refractivity contribution >= 4 is 12.4 Å². The maximum atomic E-state index is 5.66. The molecule has 0 aliphatic heterocycles. The summed E-state index contributed by atoms with van der Waals surface area (Å²) in [5.41, 5.74) is 4.18. The average molecular weight is 348 g/mol. The molecule has 132 valence electrons. The van der Waals surface area contributed by atoms with Gasteiger partial charge >= 0.3 is 0 Å². The summed E-state index contributed by atoms with van der Waals surface area (Å²) < 4.78 is 5.66. The zero-order valence-corrected chi connectivity index (χ0v) is 16.2. The Morgan fingerprint density at radius 1 is 0.833 bits per heavy atom. The molecule has 0 saturated heterocycles. The topological polar surface area (TPSA) is 21.3 Å². The molecule has 0 spiro atoms. The highest BCUT2D eigenvalue weighted by Crippen LogP contribution is 2.22. The molecule has 0 amide bonds. The van der Waals surface area contributed by atoms with Gasteiger partial charge in [-0.1, -0.05) is 57.2 Å². The van der Waals surface area contributed by atoms with Crippen molar-refractivity contribution in [1.29, 1.82) is 0 Å². The van der Waals surface area contributed by atoms with Crippen LogP contribution in [0.1, 0.15) is 51.3 Å². The van der Waals surface area contributed by atoms with Crippen molar-refractivity contribution in [2.45, 2.75) is 59.2 Å². The van der Waals surface area contributed by atoms with Gasteiger partial charge in [-0.15, -0.1) is 12.4 Å². The van der Waals surface area contributed by atoms with Gasteiger partial charge in [-0.2, -0.15) is 0 Å². The number of benzene rings is 2. The Balaban J connectivity index is 0.00000288. The van der Waals surface area contributed by atoms with E-state index in [0.717, 1.165) is 18.8 Å². The number of hydrogen-bond acceptors (Lipinski definition) is 2. The molecule has 1 N–H and O–H groups in total. The Kier molecular flexibility index (Phi) is 7.78. The molecule has 0 fully saturated rings. The van der Waals surface area contributed by atoms with E-state index in [0.29, 0.717) is 0 Å². The Labute approximate surface area is 153 Å². The van der Waals surface area contributed by atoms with E-state index in [-0.39, 0.29) is 23.9 Å². The van der Waals surface area contributed by atoms with E-state index in [4.69, 9.17) is 4.74 Å². The molecule has 2 nitrogen and oxygen atoms in total. The van der Waals surface area contributed by atoms with Gasteiger partial charge in [0.1, 0.15) is 5.75 Å². The fraction of sp³-hybridized carbons (Fsp3) is 0.429. The van der Waals surface area contributed by atoms with Crippen LogP contribution in [0.25, 0.3) is 0 Å². The molecule has 0 aromatic heterocycles. The van der Waals surface area contributed by atoms with E-state index >= 15 is 0 Å². The van der Waals surface area contributed by atoms with Crippen molar-refractivity contribution in [3.05, 3.63) is 65.2 Å². The van der Waals surface area contributed by atoms with E-state index < -0.39 is 0 Å². The quantitative estimate of drug-likeness (QED) is 0.746. The van der Waals surface area contributed by atoms with Gasteiger partial charge in [-0.3, -0.25) is 0 Å². The Bertz CT molecular complexity index is 597. The largest absolute Gasteiger partial charge is 0.491 e. The first-order valence-corrected chi connectivity index (χ1v) is 8.40. The minimum absolute atomic E-state index is 0. The third kappa shape index (κ3) is 6.54. The molecule has 0 radical (unpaired) electrons. The Morgan fingerprint density at radius 3 is 1.71 bits per heavy atom. The molecule has 24 heavy (non-hydrogen) atoms. The van der Waals surface area contributed by atoms with Gasteiger partial charge in [-0.25, -0.2) is 0 Å². The first-order valence-electron chi connectivity index (χ1n) is 8.40. The highest BCUT2D eigenvalue weighted by Gasteiger charge is 2.12. The molecule has 0 aliphatic rings. The molecule has 0 atom stereocenters. The van der Waals surface area contributed by atoms with Gasteiger partial charge in [0.25, 0.3) is 0 Å². The lowest BCUT2D eigenvalue weighted by Gasteiger charge is -2.19. The fourth-order valence-electron chi connectivity index (χ4n) is 2.43. The predicted octanol–water partition coefficient (Wildman–Crippen LogP) is 5.48. The van der Waals surface area contributed by atoms with Crippen molar-refractivity contribution in [3.8, 4) is 5.75 Å². The lowest BCUT2D eigenvalue weighted by Crippen LogP contribution is -2.14. The number of halogens is 1. The van der Waals surface area contributed by atoms with Crippen LogP contribution in [-0.4, -0.2) is 6.10 Å². The van der Waals surface area contributed by atoms with Crippen molar-refractivity contribution < 1.29 is 4.74 Å². The summed E-state index contributed by atoms with van der Waals surface area (Å²) in [4.78, 5) is 0. The SMILES string of the molecule is CC(C)Oc1ccc(CNCc2ccc(C(C)(C)C)cc2)cc1.Cl. The number of rotatable bonds is 6. The minimum Gasteiger partial charge on any atom is -0.491 e. The van der Waals surface area contributed by atoms with Crippen LogP contribution in [-0.2, 0) is 18.5 Å². The standard InChI is InChI=1S/C21H29NO.ClH/c1-16(2)23-20-12-8-18(9-13-20)15-22-14-17-6-10-19(11-7-17)21(3,4)5;/h6-13,16,22H,14-15H2,1-5H3;1H. The number of hydrogen-bond donors (Lipinski definition) is 1. The zero-order chi connectivity index (χ0) is 16.9. The molecular weight excluding hydrogens is 318 g/mol. The van der Waals surface area contributed by atoms with Gasteiger partial charge in [0.15, 0.2) is 0 Å². The molecule has 0 aliphatic carbocycles. The second kappa shape index (κ2) is 9.10. The fourth-order valence-corrected chi connectivity index (χ4v) is 2.43. The molecule has 0 unspecified atom stereocenters. The first-order chi connectivity index (χ1) is 10.8. The molecule has 0 heterocycles. The van der Waals surface area contributed by atoms with E-state index in [1.165, 1.54) is 16.7 Å². The van der Waals surface area contributed by atoms with Crippen LogP contribution in [0.15, 0.2) is 48.5 Å². The molecule has 2 aromatic rings. The van der Waals surface area contributed by atoms with E-state index in [2.05, 4.69) is 62.5 Å². The van der Waals surface area contributed by atoms with Crippen molar-refractivity contribution in [2.75, 3.05) is 0 Å². The van der Waals surface area contributed by atoms with Gasteiger partial charge in [0.05, 0.1) is 6.10 Å². The summed E-state index contributed by atoms with van der Waals surface area (Å²) in [6.45, 7) is 12.6. The second-order valence-electron chi connectivity index (χ2n) is 7.36. The predicted molar refractivity (Wildman–Crippen MR) is 105 cm³/mol. The van der Waals surface area contributed by atoms with Crippen molar-refractivity contribution in [1.82, 2.24) is 5.32 Å². The normalized spacial score (nSPS) is 11.2. The number of nitrogens with one attached hydrogen (secondary N) is 1. The zero-order valence-electron chi connectivity index (χ0n) is 15.4. The molecule has 0 saturated carbocycles. The van der Waals surface area contributed by atoms with Crippen LogP contribution in [0, 0.1) is 0 Å². The molecular formula is C21H30ClNO. The highest BCUT2D eigenvalue weighted by molar-refractivity contribution is 5.85. The summed E-state index contributed by atoms with van der Waals surface area (Å²) in [7, 11) is 0. The van der Waals surface area contributed by atoms with Crippen LogP contribution in [0.4, 0.5) is 0 Å². The molecule has 2 aromatic carbocycles. The third-order valence-electron chi connectivity index (χ3n) is 3.77. The summed E-state index contributed by atoms with van der Waals surface area (Å²) in [6.07, 6.45) is 0.218. The smallest absolute Gasteiger partial charge is 0.119 e. The summed E-state index contributed by atoms with van der Waals surface area (Å²) in [5.74, 6) is 0.932. The van der Waals surface area contributed by atoms with Gasteiger partial charge in [0.2, 0.25) is 0 Å². The Hall–Kier alpha value is -1.51. The molecule has 2 rings (SSSR count). The van der Waals surface area contributed by atoms with Crippen LogP contribution in [0.2, 0.25) is 0 Å². The van der Waals surface area contributed by atoms with Gasteiger partial charge in [0, 0.05) is 13.1 Å². The lowest BCUT2D eigenvalue weighted by atomic mass is 9.87. The van der Waals surface area contributed by atoms with E-state index in [1.807, 2.05) is 26.0 Å².